The number of para-hydroxylation sites is 1. The molecular weight excluding hydrogens is 312 g/mol. The highest BCUT2D eigenvalue weighted by molar-refractivity contribution is 6.00. The van der Waals surface area contributed by atoms with Crippen LogP contribution in [0.3, 0.4) is 0 Å². The van der Waals surface area contributed by atoms with Gasteiger partial charge in [-0.15, -0.1) is 0 Å². The van der Waals surface area contributed by atoms with Crippen molar-refractivity contribution >= 4 is 17.6 Å². The molecule has 0 spiro atoms. The van der Waals surface area contributed by atoms with Crippen LogP contribution in [0.5, 0.6) is 0 Å². The number of amides is 1. The van der Waals surface area contributed by atoms with Crippen LogP contribution in [-0.2, 0) is 9.53 Å². The number of carbonyl (C=O) groups is 2. The van der Waals surface area contributed by atoms with Crippen molar-refractivity contribution in [2.45, 2.75) is 13.0 Å². The lowest BCUT2D eigenvalue weighted by atomic mass is 10.1. The second-order valence-electron chi connectivity index (χ2n) is 4.84. The Kier molecular flexibility index (Phi) is 5.62. The highest BCUT2D eigenvalue weighted by atomic mass is 16.6. The molecule has 0 aliphatic carbocycles. The number of nitro groups is 1. The van der Waals surface area contributed by atoms with Crippen LogP contribution in [0.2, 0.25) is 0 Å². The number of carbonyl (C=O) groups excluding carboxylic acids is 2. The fraction of sp³-hybridized carbons (Fsp3) is 0.176. The fourth-order valence-corrected chi connectivity index (χ4v) is 2.18. The van der Waals surface area contributed by atoms with Crippen molar-refractivity contribution in [2.24, 2.45) is 0 Å². The summed E-state index contributed by atoms with van der Waals surface area (Å²) < 4.78 is 4.99. The third kappa shape index (κ3) is 3.95. The summed E-state index contributed by atoms with van der Waals surface area (Å²) in [6.07, 6.45) is 0. The van der Waals surface area contributed by atoms with Gasteiger partial charge in [-0.3, -0.25) is 14.9 Å². The Bertz CT molecular complexity index is 746. The van der Waals surface area contributed by atoms with Gasteiger partial charge in [0.15, 0.2) is 6.04 Å². The zero-order chi connectivity index (χ0) is 17.5. The van der Waals surface area contributed by atoms with Gasteiger partial charge in [0.05, 0.1) is 11.5 Å². The summed E-state index contributed by atoms with van der Waals surface area (Å²) in [5, 5.41) is 13.6. The molecule has 0 aliphatic rings. The van der Waals surface area contributed by atoms with Crippen molar-refractivity contribution in [3.05, 3.63) is 75.8 Å². The smallest absolute Gasteiger partial charge is 0.333 e. The van der Waals surface area contributed by atoms with Gasteiger partial charge >= 0.3 is 5.97 Å². The number of nitro benzene ring substituents is 1. The topological polar surface area (TPSA) is 98.5 Å². The number of hydrogen-bond donors (Lipinski definition) is 1. The molecule has 124 valence electrons. The van der Waals surface area contributed by atoms with Gasteiger partial charge < -0.3 is 10.1 Å². The zero-order valence-electron chi connectivity index (χ0n) is 13.0. The van der Waals surface area contributed by atoms with Gasteiger partial charge in [0.1, 0.15) is 5.56 Å². The van der Waals surface area contributed by atoms with E-state index >= 15 is 0 Å². The predicted octanol–water partition coefficient (Wildman–Crippen LogP) is 2.63. The summed E-state index contributed by atoms with van der Waals surface area (Å²) in [4.78, 5) is 35.0. The first-order chi connectivity index (χ1) is 11.5. The molecule has 2 aromatic rings. The van der Waals surface area contributed by atoms with Crippen LogP contribution in [-0.4, -0.2) is 23.4 Å². The lowest BCUT2D eigenvalue weighted by Gasteiger charge is -2.17. The molecule has 0 heterocycles. The third-order valence-corrected chi connectivity index (χ3v) is 3.28. The minimum absolute atomic E-state index is 0.118. The van der Waals surface area contributed by atoms with E-state index < -0.39 is 22.8 Å². The maximum absolute atomic E-state index is 12.4. The zero-order valence-corrected chi connectivity index (χ0v) is 13.0. The Hall–Kier alpha value is -3.22. The van der Waals surface area contributed by atoms with Crippen LogP contribution in [0.15, 0.2) is 54.6 Å². The molecule has 1 amide bonds. The number of nitrogens with one attached hydrogen (secondary N) is 1. The second kappa shape index (κ2) is 7.87. The maximum Gasteiger partial charge on any atom is 0.333 e. The van der Waals surface area contributed by atoms with E-state index in [2.05, 4.69) is 5.32 Å². The summed E-state index contributed by atoms with van der Waals surface area (Å²) in [6.45, 7) is 1.81. The van der Waals surface area contributed by atoms with E-state index in [9.17, 15) is 19.7 Å². The minimum atomic E-state index is -1.04. The van der Waals surface area contributed by atoms with Crippen molar-refractivity contribution in [2.75, 3.05) is 6.61 Å². The largest absolute Gasteiger partial charge is 0.464 e. The summed E-state index contributed by atoms with van der Waals surface area (Å²) in [5.74, 6) is -1.35. The van der Waals surface area contributed by atoms with Crippen molar-refractivity contribution < 1.29 is 19.2 Å². The van der Waals surface area contributed by atoms with Crippen molar-refractivity contribution in [3.63, 3.8) is 0 Å². The number of hydrogen-bond acceptors (Lipinski definition) is 5. The summed E-state index contributed by atoms with van der Waals surface area (Å²) >= 11 is 0. The molecule has 0 radical (unpaired) electrons. The number of benzene rings is 2. The summed E-state index contributed by atoms with van der Waals surface area (Å²) in [7, 11) is 0. The molecule has 7 nitrogen and oxygen atoms in total. The third-order valence-electron chi connectivity index (χ3n) is 3.28. The molecule has 0 aliphatic heterocycles. The van der Waals surface area contributed by atoms with Crippen LogP contribution < -0.4 is 5.32 Å². The van der Waals surface area contributed by atoms with Crippen LogP contribution in [0.4, 0.5) is 5.69 Å². The highest BCUT2D eigenvalue weighted by Crippen LogP contribution is 2.20. The fourth-order valence-electron chi connectivity index (χ4n) is 2.18. The van der Waals surface area contributed by atoms with Gasteiger partial charge in [-0.1, -0.05) is 42.5 Å². The van der Waals surface area contributed by atoms with Crippen LogP contribution in [0.1, 0.15) is 28.9 Å². The van der Waals surface area contributed by atoms with Gasteiger partial charge in [-0.25, -0.2) is 4.79 Å². The number of esters is 1. The van der Waals surface area contributed by atoms with Gasteiger partial charge in [0.2, 0.25) is 0 Å². The molecule has 2 rings (SSSR count). The Balaban J connectivity index is 2.31. The van der Waals surface area contributed by atoms with E-state index in [-0.39, 0.29) is 17.9 Å². The van der Waals surface area contributed by atoms with E-state index in [4.69, 9.17) is 4.74 Å². The van der Waals surface area contributed by atoms with E-state index in [0.29, 0.717) is 5.56 Å². The van der Waals surface area contributed by atoms with Crippen LogP contribution in [0, 0.1) is 10.1 Å². The molecule has 24 heavy (non-hydrogen) atoms. The van der Waals surface area contributed by atoms with E-state index in [1.807, 2.05) is 0 Å². The average Bonchev–Trinajstić information content (AvgIpc) is 2.60. The molecule has 0 bridgehead atoms. The quantitative estimate of drug-likeness (QED) is 0.499. The average molecular weight is 328 g/mol. The SMILES string of the molecule is CCOC(=O)C(NC(=O)c1ccccc1[N+](=O)[O-])c1ccccc1. The van der Waals surface area contributed by atoms with Gasteiger partial charge in [-0.2, -0.15) is 0 Å². The van der Waals surface area contributed by atoms with E-state index in [0.717, 1.165) is 0 Å². The Morgan fingerprint density at radius 1 is 1.12 bits per heavy atom. The minimum Gasteiger partial charge on any atom is -0.464 e. The molecule has 1 atom stereocenters. The molecule has 0 aromatic heterocycles. The van der Waals surface area contributed by atoms with Crippen molar-refractivity contribution in [3.8, 4) is 0 Å². The Morgan fingerprint density at radius 2 is 1.75 bits per heavy atom. The molecule has 1 N–H and O–H groups in total. The molecule has 0 saturated heterocycles. The summed E-state index contributed by atoms with van der Waals surface area (Å²) in [6, 6.07) is 13.1. The van der Waals surface area contributed by atoms with Crippen molar-refractivity contribution in [1.82, 2.24) is 5.32 Å². The Labute approximate surface area is 138 Å². The maximum atomic E-state index is 12.4. The van der Waals surface area contributed by atoms with E-state index in [1.54, 1.807) is 37.3 Å². The standard InChI is InChI=1S/C17H16N2O5/c1-2-24-17(21)15(12-8-4-3-5-9-12)18-16(20)13-10-6-7-11-14(13)19(22)23/h3-11,15H,2H2,1H3,(H,18,20). The Morgan fingerprint density at radius 3 is 2.38 bits per heavy atom. The first kappa shape index (κ1) is 17.1. The van der Waals surface area contributed by atoms with E-state index in [1.165, 1.54) is 24.3 Å². The second-order valence-corrected chi connectivity index (χ2v) is 4.84. The molecule has 7 heteroatoms. The molecular formula is C17H16N2O5. The molecule has 1 unspecified atom stereocenters. The monoisotopic (exact) mass is 328 g/mol. The van der Waals surface area contributed by atoms with Gasteiger partial charge in [0, 0.05) is 6.07 Å². The first-order valence-electron chi connectivity index (χ1n) is 7.30. The van der Waals surface area contributed by atoms with Crippen molar-refractivity contribution in [1.29, 1.82) is 0 Å². The molecule has 2 aromatic carbocycles. The lowest BCUT2D eigenvalue weighted by Crippen LogP contribution is -2.35. The normalized spacial score (nSPS) is 11.4. The van der Waals surface area contributed by atoms with Gasteiger partial charge in [-0.05, 0) is 18.6 Å². The van der Waals surface area contributed by atoms with Gasteiger partial charge in [0.25, 0.3) is 11.6 Å². The number of ether oxygens (including phenoxy) is 1. The number of rotatable bonds is 6. The lowest BCUT2D eigenvalue weighted by molar-refractivity contribution is -0.385. The molecule has 0 fully saturated rings. The highest BCUT2D eigenvalue weighted by Gasteiger charge is 2.27. The van der Waals surface area contributed by atoms with Crippen LogP contribution >= 0.6 is 0 Å². The van der Waals surface area contributed by atoms with Crippen LogP contribution in [0.25, 0.3) is 0 Å². The number of nitrogens with zero attached hydrogens (tertiary/aromatic N) is 1. The summed E-state index contributed by atoms with van der Waals surface area (Å²) in [5.41, 5.74) is 0.0845. The predicted molar refractivity (Wildman–Crippen MR) is 86.4 cm³/mol. The molecule has 0 saturated carbocycles. The first-order valence-corrected chi connectivity index (χ1v) is 7.30.